The lowest BCUT2D eigenvalue weighted by Crippen LogP contribution is -2.45. The minimum absolute atomic E-state index is 0. The molecule has 1 fully saturated rings. The first-order valence-corrected chi connectivity index (χ1v) is 6.79. The molecule has 1 atom stereocenters. The lowest BCUT2D eigenvalue weighted by molar-refractivity contribution is 0.172. The van der Waals surface area contributed by atoms with Crippen molar-refractivity contribution in [3.05, 3.63) is 34.1 Å². The highest BCUT2D eigenvalue weighted by Crippen LogP contribution is 2.30. The number of hydrogen-bond donors (Lipinski definition) is 1. The van der Waals surface area contributed by atoms with E-state index in [4.69, 9.17) is 5.26 Å². The van der Waals surface area contributed by atoms with Crippen molar-refractivity contribution in [3.63, 3.8) is 0 Å². The zero-order chi connectivity index (χ0) is 13.0. The number of rotatable bonds is 3. The number of nitrogens with zero attached hydrogens (tertiary/aromatic N) is 2. The molecule has 0 spiro atoms. The molecule has 1 heterocycles. The van der Waals surface area contributed by atoms with Gasteiger partial charge in [-0.05, 0) is 22.0 Å². The molecule has 2 rings (SSSR count). The van der Waals surface area contributed by atoms with Crippen molar-refractivity contribution >= 4 is 40.7 Å². The molecule has 1 saturated heterocycles. The molecule has 7 heteroatoms. The lowest BCUT2D eigenvalue weighted by Gasteiger charge is -2.34. The Kier molecular flexibility index (Phi) is 9.36. The van der Waals surface area contributed by atoms with Crippen LogP contribution in [0.25, 0.3) is 0 Å². The molecule has 0 bridgehead atoms. The van der Waals surface area contributed by atoms with Gasteiger partial charge in [0.1, 0.15) is 5.82 Å². The number of halogens is 4. The first kappa shape index (κ1) is 19.6. The van der Waals surface area contributed by atoms with Crippen LogP contribution in [-0.2, 0) is 0 Å². The van der Waals surface area contributed by atoms with Gasteiger partial charge < -0.3 is 5.32 Å². The second-order valence-electron chi connectivity index (χ2n) is 4.31. The average molecular weight is 385 g/mol. The Labute approximate surface area is 139 Å². The van der Waals surface area contributed by atoms with Crippen LogP contribution in [0.1, 0.15) is 18.0 Å². The fourth-order valence-corrected chi connectivity index (χ4v) is 2.68. The number of nitrogens with one attached hydrogen (secondary N) is 1. The minimum atomic E-state index is -0.253. The summed E-state index contributed by atoms with van der Waals surface area (Å²) in [6, 6.07) is 7.27. The van der Waals surface area contributed by atoms with Gasteiger partial charge in [0.15, 0.2) is 0 Å². The van der Waals surface area contributed by atoms with Crippen molar-refractivity contribution in [2.24, 2.45) is 0 Å². The Morgan fingerprint density at radius 1 is 1.35 bits per heavy atom. The van der Waals surface area contributed by atoms with Crippen LogP contribution in [0.5, 0.6) is 0 Å². The summed E-state index contributed by atoms with van der Waals surface area (Å²) in [7, 11) is 0. The second kappa shape index (κ2) is 9.54. The Balaban J connectivity index is 0.00000180. The maximum absolute atomic E-state index is 14.1. The smallest absolute Gasteiger partial charge is 0.142 e. The van der Waals surface area contributed by atoms with E-state index >= 15 is 0 Å². The molecule has 20 heavy (non-hydrogen) atoms. The molecule has 1 aliphatic heterocycles. The number of hydrogen-bond acceptors (Lipinski definition) is 3. The van der Waals surface area contributed by atoms with E-state index in [1.807, 2.05) is 6.07 Å². The highest BCUT2D eigenvalue weighted by Gasteiger charge is 2.25. The first-order valence-electron chi connectivity index (χ1n) is 5.99. The van der Waals surface area contributed by atoms with Crippen LogP contribution in [-0.4, -0.2) is 31.1 Å². The van der Waals surface area contributed by atoms with Crippen molar-refractivity contribution < 1.29 is 4.39 Å². The predicted octanol–water partition coefficient (Wildman–Crippen LogP) is 3.29. The molecule has 1 N–H and O–H groups in total. The average Bonchev–Trinajstić information content (AvgIpc) is 2.41. The van der Waals surface area contributed by atoms with Crippen molar-refractivity contribution in [3.8, 4) is 6.07 Å². The summed E-state index contributed by atoms with van der Waals surface area (Å²) >= 11 is 3.20. The van der Waals surface area contributed by atoms with Crippen LogP contribution in [0.2, 0.25) is 0 Å². The van der Waals surface area contributed by atoms with E-state index in [0.717, 1.165) is 26.2 Å². The molecule has 0 saturated carbocycles. The summed E-state index contributed by atoms with van der Waals surface area (Å²) < 4.78 is 14.6. The molecular weight excluding hydrogens is 368 g/mol. The highest BCUT2D eigenvalue weighted by molar-refractivity contribution is 9.10. The van der Waals surface area contributed by atoms with Gasteiger partial charge in [-0.15, -0.1) is 24.8 Å². The Hall–Kier alpha value is -0.380. The third kappa shape index (κ3) is 4.57. The van der Waals surface area contributed by atoms with Crippen molar-refractivity contribution in [1.29, 1.82) is 5.26 Å². The SMILES string of the molecule is Cl.Cl.N#CC[C@@H](c1cccc(Br)c1F)N1CCNCC1. The van der Waals surface area contributed by atoms with E-state index < -0.39 is 0 Å². The zero-order valence-electron chi connectivity index (χ0n) is 10.8. The summed E-state index contributed by atoms with van der Waals surface area (Å²) in [5.41, 5.74) is 0.604. The summed E-state index contributed by atoms with van der Waals surface area (Å²) in [5.74, 6) is -0.253. The maximum Gasteiger partial charge on any atom is 0.142 e. The van der Waals surface area contributed by atoms with Gasteiger partial charge in [-0.3, -0.25) is 4.90 Å². The third-order valence-electron chi connectivity index (χ3n) is 3.22. The minimum Gasteiger partial charge on any atom is -0.314 e. The Morgan fingerprint density at radius 2 is 2.00 bits per heavy atom. The van der Waals surface area contributed by atoms with E-state index in [2.05, 4.69) is 32.2 Å². The molecule has 1 aliphatic rings. The fraction of sp³-hybridized carbons (Fsp3) is 0.462. The second-order valence-corrected chi connectivity index (χ2v) is 5.16. The molecule has 0 aromatic heterocycles. The van der Waals surface area contributed by atoms with E-state index in [1.54, 1.807) is 12.1 Å². The quantitative estimate of drug-likeness (QED) is 0.868. The van der Waals surface area contributed by atoms with Gasteiger partial charge in [0.2, 0.25) is 0 Å². The van der Waals surface area contributed by atoms with Gasteiger partial charge in [0.05, 0.1) is 23.0 Å². The summed E-state index contributed by atoms with van der Waals surface area (Å²) in [4.78, 5) is 2.17. The molecule has 112 valence electrons. The van der Waals surface area contributed by atoms with Gasteiger partial charge in [-0.2, -0.15) is 5.26 Å². The standard InChI is InChI=1S/C13H15BrFN3.2ClH/c14-11-3-1-2-10(13(11)15)12(4-5-16)18-8-6-17-7-9-18;;/h1-3,12,17H,4,6-9H2;2*1H/t12-;;/m0../s1. The van der Waals surface area contributed by atoms with Gasteiger partial charge in [0.25, 0.3) is 0 Å². The Morgan fingerprint density at radius 3 is 2.60 bits per heavy atom. The van der Waals surface area contributed by atoms with E-state index in [1.165, 1.54) is 0 Å². The number of nitriles is 1. The van der Waals surface area contributed by atoms with Crippen LogP contribution in [0, 0.1) is 17.1 Å². The lowest BCUT2D eigenvalue weighted by atomic mass is 10.0. The Bertz CT molecular complexity index is 461. The van der Waals surface area contributed by atoms with Crippen LogP contribution >= 0.6 is 40.7 Å². The van der Waals surface area contributed by atoms with Crippen LogP contribution < -0.4 is 5.32 Å². The topological polar surface area (TPSA) is 39.1 Å². The molecule has 0 aliphatic carbocycles. The van der Waals surface area contributed by atoms with Crippen molar-refractivity contribution in [2.75, 3.05) is 26.2 Å². The predicted molar refractivity (Wildman–Crippen MR) is 86.0 cm³/mol. The van der Waals surface area contributed by atoms with E-state index in [0.29, 0.717) is 16.5 Å². The first-order chi connectivity index (χ1) is 8.74. The van der Waals surface area contributed by atoms with Crippen molar-refractivity contribution in [1.82, 2.24) is 10.2 Å². The largest absolute Gasteiger partial charge is 0.314 e. The fourth-order valence-electron chi connectivity index (χ4n) is 2.29. The monoisotopic (exact) mass is 383 g/mol. The maximum atomic E-state index is 14.1. The zero-order valence-corrected chi connectivity index (χ0v) is 14.0. The molecule has 0 radical (unpaired) electrons. The van der Waals surface area contributed by atoms with Gasteiger partial charge in [-0.1, -0.05) is 12.1 Å². The number of piperazine rings is 1. The molecular formula is C13H17BrCl2FN3. The van der Waals surface area contributed by atoms with Crippen LogP contribution in [0.3, 0.4) is 0 Å². The van der Waals surface area contributed by atoms with E-state index in [9.17, 15) is 4.39 Å². The van der Waals surface area contributed by atoms with Gasteiger partial charge >= 0.3 is 0 Å². The van der Waals surface area contributed by atoms with Gasteiger partial charge in [0, 0.05) is 31.7 Å². The molecule has 1 aromatic carbocycles. The number of benzene rings is 1. The molecule has 0 amide bonds. The van der Waals surface area contributed by atoms with E-state index in [-0.39, 0.29) is 36.7 Å². The van der Waals surface area contributed by atoms with Crippen molar-refractivity contribution in [2.45, 2.75) is 12.5 Å². The summed E-state index contributed by atoms with van der Waals surface area (Å²) in [5, 5.41) is 12.2. The summed E-state index contributed by atoms with van der Waals surface area (Å²) in [6.45, 7) is 3.46. The molecule has 1 aromatic rings. The normalized spacial score (nSPS) is 16.4. The van der Waals surface area contributed by atoms with Crippen LogP contribution in [0.4, 0.5) is 4.39 Å². The highest BCUT2D eigenvalue weighted by atomic mass is 79.9. The molecule has 0 unspecified atom stereocenters. The summed E-state index contributed by atoms with van der Waals surface area (Å²) in [6.07, 6.45) is 0.313. The third-order valence-corrected chi connectivity index (χ3v) is 3.83. The molecule has 3 nitrogen and oxygen atoms in total. The van der Waals surface area contributed by atoms with Gasteiger partial charge in [-0.25, -0.2) is 4.39 Å². The van der Waals surface area contributed by atoms with Crippen LogP contribution in [0.15, 0.2) is 22.7 Å².